The lowest BCUT2D eigenvalue weighted by Gasteiger charge is -2.31. The number of primary amides is 1. The number of hydrogen-bond acceptors (Lipinski definition) is 8. The highest BCUT2D eigenvalue weighted by Gasteiger charge is 2.35. The first-order valence-corrected chi connectivity index (χ1v) is 21.1. The van der Waals surface area contributed by atoms with Gasteiger partial charge in [0.15, 0.2) is 0 Å². The molecular formula is C48H56N8O8. The van der Waals surface area contributed by atoms with Crippen molar-refractivity contribution in [3.8, 4) is 0 Å². The number of amides is 7. The van der Waals surface area contributed by atoms with E-state index in [0.29, 0.717) is 24.1 Å². The number of rotatable bonds is 22. The predicted molar refractivity (Wildman–Crippen MR) is 242 cm³/mol. The number of nitrogens with zero attached hydrogens (tertiary/aromatic N) is 1. The van der Waals surface area contributed by atoms with E-state index in [1.54, 1.807) is 66.9 Å². The fourth-order valence-corrected chi connectivity index (χ4v) is 7.17. The van der Waals surface area contributed by atoms with Crippen molar-refractivity contribution in [3.63, 3.8) is 0 Å². The van der Waals surface area contributed by atoms with E-state index in [1.165, 1.54) is 14.0 Å². The number of carbonyl (C=O) groups is 7. The molecule has 1 heterocycles. The highest BCUT2D eigenvalue weighted by Crippen LogP contribution is 2.20. The van der Waals surface area contributed by atoms with Gasteiger partial charge in [-0.3, -0.25) is 28.8 Å². The fraction of sp³-hybridized carbons (Fsp3) is 0.312. The second-order valence-corrected chi connectivity index (χ2v) is 15.5. The molecule has 0 bridgehead atoms. The molecule has 1 aromatic heterocycles. The number of carbonyl (C=O) groups excluding carboxylic acids is 7. The van der Waals surface area contributed by atoms with Crippen molar-refractivity contribution in [2.24, 2.45) is 5.73 Å². The molecule has 4 atom stereocenters. The molecule has 16 heteroatoms. The number of aromatic amines is 1. The maximum atomic E-state index is 14.4. The average molecular weight is 873 g/mol. The van der Waals surface area contributed by atoms with Crippen molar-refractivity contribution in [1.29, 1.82) is 0 Å². The minimum Gasteiger partial charge on any atom is -0.461 e. The van der Waals surface area contributed by atoms with E-state index in [2.05, 4.69) is 31.6 Å². The Hall–Kier alpha value is -7.49. The van der Waals surface area contributed by atoms with Gasteiger partial charge in [-0.2, -0.15) is 0 Å². The molecule has 5 aromatic rings. The van der Waals surface area contributed by atoms with Crippen LogP contribution in [-0.2, 0) is 53.0 Å². The summed E-state index contributed by atoms with van der Waals surface area (Å²) in [6.07, 6.45) is 2.02. The normalized spacial score (nSPS) is 12.7. The number of para-hydroxylation sites is 2. The number of likely N-dealkylation sites (N-methyl/N-ethyl adjacent to an activating group) is 1. The summed E-state index contributed by atoms with van der Waals surface area (Å²) in [5.41, 5.74) is 10.4. The first-order chi connectivity index (χ1) is 30.8. The number of ether oxygens (including phenoxy) is 1. The first kappa shape index (κ1) is 47.6. The van der Waals surface area contributed by atoms with Crippen LogP contribution >= 0.6 is 0 Å². The third kappa shape index (κ3) is 14.3. The van der Waals surface area contributed by atoms with E-state index in [9.17, 15) is 33.6 Å². The van der Waals surface area contributed by atoms with Gasteiger partial charge in [-0.1, -0.05) is 97.1 Å². The van der Waals surface area contributed by atoms with Gasteiger partial charge in [-0.25, -0.2) is 4.79 Å². The molecule has 4 aromatic carbocycles. The van der Waals surface area contributed by atoms with Crippen LogP contribution in [-0.4, -0.2) is 89.2 Å². The van der Waals surface area contributed by atoms with Gasteiger partial charge in [0.2, 0.25) is 29.5 Å². The Bertz CT molecular complexity index is 2390. The summed E-state index contributed by atoms with van der Waals surface area (Å²) in [6, 6.07) is 27.1. The number of unbranched alkanes of at least 4 members (excludes halogenated alkanes) is 1. The Kier molecular flexibility index (Phi) is 17.6. The Morgan fingerprint density at radius 2 is 1.34 bits per heavy atom. The smallest absolute Gasteiger partial charge is 0.319 e. The maximum absolute atomic E-state index is 14.4. The second-order valence-electron chi connectivity index (χ2n) is 15.5. The van der Waals surface area contributed by atoms with Crippen molar-refractivity contribution in [1.82, 2.24) is 31.2 Å². The third-order valence-electron chi connectivity index (χ3n) is 10.7. The number of aryl methyl sites for hydroxylation is 1. The Labute approximate surface area is 372 Å². The number of anilines is 1. The Morgan fingerprint density at radius 1 is 0.719 bits per heavy atom. The number of benzene rings is 4. The van der Waals surface area contributed by atoms with Gasteiger partial charge < -0.3 is 46.9 Å². The van der Waals surface area contributed by atoms with Crippen molar-refractivity contribution < 1.29 is 38.3 Å². The van der Waals surface area contributed by atoms with Gasteiger partial charge >= 0.3 is 12.0 Å². The highest BCUT2D eigenvalue weighted by atomic mass is 16.5. The number of H-pyrrole nitrogens is 1. The lowest BCUT2D eigenvalue weighted by molar-refractivity contribution is -0.150. The summed E-state index contributed by atoms with van der Waals surface area (Å²) in [5.74, 6) is -4.37. The lowest BCUT2D eigenvalue weighted by Crippen LogP contribution is -2.59. The van der Waals surface area contributed by atoms with Crippen LogP contribution in [0.15, 0.2) is 115 Å². The molecule has 64 heavy (non-hydrogen) atoms. The molecule has 0 aliphatic rings. The molecule has 336 valence electrons. The van der Waals surface area contributed by atoms with Crippen LogP contribution < -0.4 is 32.3 Å². The molecule has 16 nitrogen and oxygen atoms in total. The molecule has 8 N–H and O–H groups in total. The molecule has 0 saturated carbocycles. The SMILES string of the molecule is CC(=O)N[C@@H](Cc1c[nH]c2ccccc12)C(=O)N[C@@H](CCCCNC(=O)Nc1ccccc1C)C(=O)N[C@@H](CC(=O)OCc1ccccc1)C(=O)N(C)[C@@H](Cc1ccccc1)C(N)=O. The van der Waals surface area contributed by atoms with Crippen LogP contribution in [0, 0.1) is 6.92 Å². The summed E-state index contributed by atoms with van der Waals surface area (Å²) >= 11 is 0. The van der Waals surface area contributed by atoms with Crippen LogP contribution in [0.25, 0.3) is 10.9 Å². The number of nitrogens with one attached hydrogen (secondary N) is 6. The van der Waals surface area contributed by atoms with Gasteiger partial charge in [0.05, 0.1) is 6.42 Å². The summed E-state index contributed by atoms with van der Waals surface area (Å²) in [6.45, 7) is 3.28. The van der Waals surface area contributed by atoms with Crippen LogP contribution in [0.4, 0.5) is 10.5 Å². The zero-order chi connectivity index (χ0) is 46.0. The minimum atomic E-state index is -1.55. The molecule has 0 unspecified atom stereocenters. The predicted octanol–water partition coefficient (Wildman–Crippen LogP) is 4.17. The largest absolute Gasteiger partial charge is 0.461 e. The fourth-order valence-electron chi connectivity index (χ4n) is 7.17. The van der Waals surface area contributed by atoms with E-state index in [4.69, 9.17) is 10.5 Å². The average Bonchev–Trinajstić information content (AvgIpc) is 3.69. The van der Waals surface area contributed by atoms with Crippen LogP contribution in [0.3, 0.4) is 0 Å². The van der Waals surface area contributed by atoms with E-state index in [0.717, 1.165) is 32.5 Å². The van der Waals surface area contributed by atoms with Gasteiger partial charge in [0, 0.05) is 56.1 Å². The summed E-state index contributed by atoms with van der Waals surface area (Å²) in [5, 5.41) is 14.6. The number of aromatic nitrogens is 1. The second kappa shape index (κ2) is 23.7. The van der Waals surface area contributed by atoms with E-state index < -0.39 is 72.1 Å². The summed E-state index contributed by atoms with van der Waals surface area (Å²) in [4.78, 5) is 98.3. The van der Waals surface area contributed by atoms with E-state index >= 15 is 0 Å². The molecule has 0 spiro atoms. The molecular weight excluding hydrogens is 817 g/mol. The van der Waals surface area contributed by atoms with Crippen LogP contribution in [0.2, 0.25) is 0 Å². The number of urea groups is 1. The van der Waals surface area contributed by atoms with Gasteiger partial charge in [-0.05, 0) is 60.6 Å². The summed E-state index contributed by atoms with van der Waals surface area (Å²) < 4.78 is 5.50. The van der Waals surface area contributed by atoms with E-state index in [-0.39, 0.29) is 32.4 Å². The number of hydrogen-bond donors (Lipinski definition) is 7. The van der Waals surface area contributed by atoms with Gasteiger partial charge in [-0.15, -0.1) is 0 Å². The van der Waals surface area contributed by atoms with Gasteiger partial charge in [0.25, 0.3) is 0 Å². The molecule has 0 radical (unpaired) electrons. The third-order valence-corrected chi connectivity index (χ3v) is 10.7. The number of esters is 1. The molecule has 0 aliphatic heterocycles. The van der Waals surface area contributed by atoms with Crippen molar-refractivity contribution in [2.45, 2.75) is 83.1 Å². The standard InChI is InChI=1S/C48H56N8O8/c1-31-16-10-12-22-37(31)55-48(63)50-25-15-14-24-39(53-46(61)40(52-32(2)57)27-35-29-51-38-23-13-11-21-36(35)38)45(60)54-41(28-43(58)64-30-34-19-8-5-9-20-34)47(62)56(3)42(44(49)59)26-33-17-6-4-7-18-33/h4-13,16-23,29,39-42,51H,14-15,24-28,30H2,1-3H3,(H2,49,59)(H,52,57)(H,53,61)(H,54,60)(H2,50,55,63)/t39-,40-,41-,42-/m0/s1. The minimum absolute atomic E-state index is 0.0334. The van der Waals surface area contributed by atoms with Crippen molar-refractivity contribution in [2.75, 3.05) is 18.9 Å². The van der Waals surface area contributed by atoms with E-state index in [1.807, 2.05) is 55.5 Å². The van der Waals surface area contributed by atoms with Gasteiger partial charge in [0.1, 0.15) is 30.8 Å². The quantitative estimate of drug-likeness (QED) is 0.0393. The Morgan fingerprint density at radius 3 is 2.03 bits per heavy atom. The Balaban J connectivity index is 1.36. The van der Waals surface area contributed by atoms with Crippen LogP contribution in [0.1, 0.15) is 54.9 Å². The topological polar surface area (TPSA) is 234 Å². The van der Waals surface area contributed by atoms with Crippen molar-refractivity contribution >= 4 is 58.1 Å². The summed E-state index contributed by atoms with van der Waals surface area (Å²) in [7, 11) is 1.36. The monoisotopic (exact) mass is 872 g/mol. The molecule has 5 rings (SSSR count). The number of fused-ring (bicyclic) bond motifs is 1. The lowest BCUT2D eigenvalue weighted by atomic mass is 10.0. The number of nitrogens with two attached hydrogens (primary N) is 1. The molecule has 0 saturated heterocycles. The molecule has 0 aliphatic carbocycles. The van der Waals surface area contributed by atoms with Crippen molar-refractivity contribution in [3.05, 3.63) is 138 Å². The maximum Gasteiger partial charge on any atom is 0.319 e. The highest BCUT2D eigenvalue weighted by molar-refractivity contribution is 5.97. The first-order valence-electron chi connectivity index (χ1n) is 21.1. The zero-order valence-electron chi connectivity index (χ0n) is 36.2. The van der Waals surface area contributed by atoms with Crippen LogP contribution in [0.5, 0.6) is 0 Å². The molecule has 7 amide bonds. The molecule has 0 fully saturated rings. The zero-order valence-corrected chi connectivity index (χ0v) is 36.2.